The first kappa shape index (κ1) is 20.0. The van der Waals surface area contributed by atoms with Gasteiger partial charge in [0.25, 0.3) is 0 Å². The molecule has 3 aliphatic heterocycles. The van der Waals surface area contributed by atoms with E-state index in [4.69, 9.17) is 28.9 Å². The van der Waals surface area contributed by atoms with E-state index >= 15 is 0 Å². The van der Waals surface area contributed by atoms with E-state index in [1.807, 2.05) is 5.48 Å². The third-order valence-corrected chi connectivity index (χ3v) is 4.98. The van der Waals surface area contributed by atoms with Crippen molar-refractivity contribution in [3.8, 4) is 0 Å². The number of anilines is 1. The molecule has 3 fully saturated rings. The lowest BCUT2D eigenvalue weighted by Crippen LogP contribution is -2.42. The lowest BCUT2D eigenvalue weighted by atomic mass is 10.1. The summed E-state index contributed by atoms with van der Waals surface area (Å²) in [5.74, 6) is -0.867. The molecule has 0 saturated carbocycles. The van der Waals surface area contributed by atoms with E-state index in [1.165, 1.54) is 16.8 Å². The van der Waals surface area contributed by atoms with Gasteiger partial charge in [0.2, 0.25) is 0 Å². The number of aromatic nitrogens is 2. The van der Waals surface area contributed by atoms with Gasteiger partial charge in [0.15, 0.2) is 17.8 Å². The van der Waals surface area contributed by atoms with Gasteiger partial charge < -0.3 is 28.6 Å². The summed E-state index contributed by atoms with van der Waals surface area (Å²) < 4.78 is 29.8. The molecule has 3 aliphatic rings. The second-order valence-corrected chi connectivity index (χ2v) is 7.42. The number of amides is 1. The summed E-state index contributed by atoms with van der Waals surface area (Å²) in [6, 6.07) is 1.42. The molecule has 12 heteroatoms. The molecule has 0 spiro atoms. The number of morpholine rings is 1. The van der Waals surface area contributed by atoms with Crippen molar-refractivity contribution in [1.29, 1.82) is 0 Å². The first-order valence-electron chi connectivity index (χ1n) is 9.38. The van der Waals surface area contributed by atoms with Crippen molar-refractivity contribution in [1.82, 2.24) is 14.5 Å². The molecule has 4 heterocycles. The number of nitrogens with one attached hydrogen (secondary N) is 1. The molecule has 0 unspecified atom stereocenters. The van der Waals surface area contributed by atoms with Crippen LogP contribution in [0, 0.1) is 0 Å². The van der Waals surface area contributed by atoms with Gasteiger partial charge in [-0.2, -0.15) is 4.98 Å². The van der Waals surface area contributed by atoms with E-state index in [0.717, 1.165) is 0 Å². The fraction of sp³-hybridized carbons (Fsp3) is 0.706. The predicted molar refractivity (Wildman–Crippen MR) is 95.4 cm³/mol. The largest absolute Gasteiger partial charge is 0.447 e. The zero-order valence-electron chi connectivity index (χ0n) is 16.1. The molecular formula is C17H24N4O8. The molecule has 4 atom stereocenters. The standard InChI is InChI=1S/C17H24N4O8/c1-17(2)28-12-10(9-26-16(23)20-5-7-25-8-6-20)27-14(13(12)29-17)21-4-3-11(19-24)18-15(21)22/h3-4,10,12-14,24H,5-9H2,1-2H3,(H,18,19,22)/t10-,12-,13-,14-/m1/s1. The number of hydrogen-bond donors (Lipinski definition) is 2. The van der Waals surface area contributed by atoms with Crippen LogP contribution in [0.15, 0.2) is 17.1 Å². The molecule has 1 aromatic rings. The second-order valence-electron chi connectivity index (χ2n) is 7.42. The van der Waals surface area contributed by atoms with Crippen molar-refractivity contribution in [3.05, 3.63) is 22.7 Å². The smallest absolute Gasteiger partial charge is 0.410 e. The summed E-state index contributed by atoms with van der Waals surface area (Å²) in [5, 5.41) is 8.91. The molecule has 0 radical (unpaired) electrons. The highest BCUT2D eigenvalue weighted by atomic mass is 16.8. The first-order chi connectivity index (χ1) is 13.9. The van der Waals surface area contributed by atoms with Gasteiger partial charge in [-0.3, -0.25) is 15.3 Å². The summed E-state index contributed by atoms with van der Waals surface area (Å²) in [6.07, 6.45) is -1.58. The summed E-state index contributed by atoms with van der Waals surface area (Å²) in [4.78, 5) is 29.9. The van der Waals surface area contributed by atoms with Gasteiger partial charge >= 0.3 is 11.8 Å². The minimum atomic E-state index is -0.881. The number of fused-ring (bicyclic) bond motifs is 1. The second kappa shape index (κ2) is 7.88. The minimum Gasteiger partial charge on any atom is -0.447 e. The zero-order valence-corrected chi connectivity index (χ0v) is 16.1. The molecule has 29 heavy (non-hydrogen) atoms. The van der Waals surface area contributed by atoms with Crippen LogP contribution in [-0.4, -0.2) is 82.8 Å². The maximum atomic E-state index is 12.3. The molecule has 4 rings (SSSR count). The average Bonchev–Trinajstić information content (AvgIpc) is 3.19. The van der Waals surface area contributed by atoms with Gasteiger partial charge in [-0.05, 0) is 19.9 Å². The third kappa shape index (κ3) is 4.07. The van der Waals surface area contributed by atoms with Gasteiger partial charge in [-0.15, -0.1) is 0 Å². The molecule has 0 aromatic carbocycles. The van der Waals surface area contributed by atoms with E-state index in [-0.39, 0.29) is 12.4 Å². The fourth-order valence-corrected chi connectivity index (χ4v) is 3.68. The summed E-state index contributed by atoms with van der Waals surface area (Å²) >= 11 is 0. The predicted octanol–water partition coefficient (Wildman–Crippen LogP) is -0.0693. The number of nitrogens with zero attached hydrogens (tertiary/aromatic N) is 3. The van der Waals surface area contributed by atoms with Crippen LogP contribution in [0.1, 0.15) is 20.1 Å². The maximum absolute atomic E-state index is 12.3. The Kier molecular flexibility index (Phi) is 5.44. The highest BCUT2D eigenvalue weighted by Crippen LogP contribution is 2.42. The Labute approximate surface area is 166 Å². The van der Waals surface area contributed by atoms with Crippen LogP contribution in [0.2, 0.25) is 0 Å². The van der Waals surface area contributed by atoms with E-state index in [0.29, 0.717) is 26.3 Å². The minimum absolute atomic E-state index is 0.0145. The van der Waals surface area contributed by atoms with Crippen LogP contribution in [0.4, 0.5) is 10.6 Å². The number of ether oxygens (including phenoxy) is 5. The lowest BCUT2D eigenvalue weighted by molar-refractivity contribution is -0.200. The quantitative estimate of drug-likeness (QED) is 0.647. The van der Waals surface area contributed by atoms with E-state index in [1.54, 1.807) is 18.7 Å². The number of hydrogen-bond acceptors (Lipinski definition) is 10. The van der Waals surface area contributed by atoms with Crippen molar-refractivity contribution < 1.29 is 33.7 Å². The normalized spacial score (nSPS) is 30.8. The van der Waals surface area contributed by atoms with Crippen molar-refractivity contribution in [2.75, 3.05) is 38.4 Å². The fourth-order valence-electron chi connectivity index (χ4n) is 3.68. The highest BCUT2D eigenvalue weighted by molar-refractivity contribution is 5.67. The van der Waals surface area contributed by atoms with Gasteiger partial charge in [0.1, 0.15) is 24.9 Å². The Balaban J connectivity index is 1.49. The highest BCUT2D eigenvalue weighted by Gasteiger charge is 2.56. The third-order valence-electron chi connectivity index (χ3n) is 4.98. The van der Waals surface area contributed by atoms with Crippen LogP contribution in [0.3, 0.4) is 0 Å². The Morgan fingerprint density at radius 1 is 1.34 bits per heavy atom. The monoisotopic (exact) mass is 412 g/mol. The van der Waals surface area contributed by atoms with Gasteiger partial charge in [0, 0.05) is 19.3 Å². The SMILES string of the molecule is CC1(C)O[C@@H]2[C@H](O1)[C@@H](COC(=O)N1CCOCC1)O[C@H]2n1ccc(NO)nc1=O. The molecule has 12 nitrogen and oxygen atoms in total. The average molecular weight is 412 g/mol. The van der Waals surface area contributed by atoms with Crippen molar-refractivity contribution in [2.24, 2.45) is 0 Å². The topological polar surface area (TPSA) is 134 Å². The number of carbonyl (C=O) groups is 1. The van der Waals surface area contributed by atoms with Crippen LogP contribution >= 0.6 is 0 Å². The molecule has 1 aromatic heterocycles. The van der Waals surface area contributed by atoms with Gasteiger partial charge in [-0.25, -0.2) is 9.59 Å². The van der Waals surface area contributed by atoms with Crippen LogP contribution < -0.4 is 11.2 Å². The van der Waals surface area contributed by atoms with Gasteiger partial charge in [0.05, 0.1) is 13.2 Å². The molecular weight excluding hydrogens is 388 g/mol. The Bertz CT molecular complexity index is 809. The summed E-state index contributed by atoms with van der Waals surface area (Å²) in [5.41, 5.74) is 1.19. The van der Waals surface area contributed by atoms with Crippen molar-refractivity contribution in [3.63, 3.8) is 0 Å². The van der Waals surface area contributed by atoms with E-state index in [9.17, 15) is 9.59 Å². The van der Waals surface area contributed by atoms with E-state index in [2.05, 4.69) is 4.98 Å². The Morgan fingerprint density at radius 2 is 2.07 bits per heavy atom. The summed E-state index contributed by atoms with van der Waals surface area (Å²) in [6.45, 7) is 5.36. The van der Waals surface area contributed by atoms with Crippen LogP contribution in [0.5, 0.6) is 0 Å². The van der Waals surface area contributed by atoms with Crippen LogP contribution in [0.25, 0.3) is 0 Å². The molecule has 3 saturated heterocycles. The Hall–Kier alpha value is -2.25. The number of carbonyl (C=O) groups excluding carboxylic acids is 1. The van der Waals surface area contributed by atoms with Crippen LogP contribution in [-0.2, 0) is 23.7 Å². The molecule has 0 bridgehead atoms. The summed E-state index contributed by atoms with van der Waals surface area (Å²) in [7, 11) is 0. The lowest BCUT2D eigenvalue weighted by Gasteiger charge is -2.27. The van der Waals surface area contributed by atoms with E-state index < -0.39 is 42.1 Å². The van der Waals surface area contributed by atoms with Gasteiger partial charge in [-0.1, -0.05) is 0 Å². The molecule has 1 amide bonds. The Morgan fingerprint density at radius 3 is 2.76 bits per heavy atom. The molecule has 0 aliphatic carbocycles. The van der Waals surface area contributed by atoms with Crippen molar-refractivity contribution in [2.45, 2.75) is 44.2 Å². The maximum Gasteiger partial charge on any atom is 0.410 e. The van der Waals surface area contributed by atoms with Crippen molar-refractivity contribution >= 4 is 11.9 Å². The molecule has 160 valence electrons. The first-order valence-corrected chi connectivity index (χ1v) is 9.38. The zero-order chi connectivity index (χ0) is 20.6. The number of rotatable bonds is 4. The molecule has 2 N–H and O–H groups in total.